The van der Waals surface area contributed by atoms with Crippen molar-refractivity contribution < 1.29 is 13.2 Å². The average molecular weight is 436 g/mol. The fraction of sp³-hybridized carbons (Fsp3) is 0.250. The molecule has 0 aromatic heterocycles. The van der Waals surface area contributed by atoms with Crippen LogP contribution in [0.3, 0.4) is 0 Å². The lowest BCUT2D eigenvalue weighted by Gasteiger charge is -2.10. The van der Waals surface area contributed by atoms with E-state index < -0.39 is 10.0 Å². The average Bonchev–Trinajstić information content (AvgIpc) is 2.22. The first-order chi connectivity index (χ1) is 7.28. The Balaban J connectivity index is 3.33. The maximum absolute atomic E-state index is 11.5. The van der Waals surface area contributed by atoms with E-state index in [9.17, 15) is 13.2 Å². The molecule has 88 valence electrons. The van der Waals surface area contributed by atoms with Crippen LogP contribution in [0.5, 0.6) is 0 Å². The Labute approximate surface area is 118 Å². The number of carbonyl (C=O) groups is 1. The lowest BCUT2D eigenvalue weighted by Crippen LogP contribution is -2.13. The van der Waals surface area contributed by atoms with E-state index in [0.29, 0.717) is 4.48 Å². The van der Waals surface area contributed by atoms with Crippen LogP contribution in [0.25, 0.3) is 0 Å². The van der Waals surface area contributed by atoms with Crippen LogP contribution in [-0.4, -0.2) is 25.7 Å². The molecule has 0 saturated heterocycles. The van der Waals surface area contributed by atoms with Crippen molar-refractivity contribution in [2.75, 3.05) is 5.75 Å². The van der Waals surface area contributed by atoms with Gasteiger partial charge in [0.2, 0.25) is 5.78 Å². The molecular weight excluding hydrogens is 430 g/mol. The summed E-state index contributed by atoms with van der Waals surface area (Å²) in [6.07, 6.45) is 1.37. The van der Waals surface area contributed by atoms with Gasteiger partial charge in [0.25, 0.3) is 10.0 Å². The van der Waals surface area contributed by atoms with Gasteiger partial charge in [0, 0.05) is 0 Å². The van der Waals surface area contributed by atoms with Crippen molar-refractivity contribution in [2.24, 2.45) is 4.40 Å². The molecular formula is C8H6Br3NO3S. The van der Waals surface area contributed by atoms with Crippen molar-refractivity contribution in [3.05, 3.63) is 19.5 Å². The van der Waals surface area contributed by atoms with Crippen LogP contribution in [0.15, 0.2) is 23.9 Å². The number of sulfonamides is 1. The predicted molar refractivity (Wildman–Crippen MR) is 73.8 cm³/mol. The number of rotatable bonds is 2. The predicted octanol–water partition coefficient (Wildman–Crippen LogP) is 2.64. The molecule has 0 aliphatic heterocycles. The Morgan fingerprint density at radius 3 is 2.31 bits per heavy atom. The summed E-state index contributed by atoms with van der Waals surface area (Å²) < 4.78 is 27.1. The molecule has 8 heteroatoms. The summed E-state index contributed by atoms with van der Waals surface area (Å²) in [4.78, 5) is 11.5. The molecule has 4 nitrogen and oxygen atoms in total. The van der Waals surface area contributed by atoms with Crippen LogP contribution in [0.4, 0.5) is 0 Å². The lowest BCUT2D eigenvalue weighted by molar-refractivity contribution is -0.110. The molecule has 1 rings (SSSR count). The Morgan fingerprint density at radius 1 is 1.25 bits per heavy atom. The molecule has 0 aromatic carbocycles. The molecule has 0 N–H and O–H groups in total. The minimum absolute atomic E-state index is 0.0895. The number of ketones is 1. The lowest BCUT2D eigenvalue weighted by atomic mass is 10.2. The molecule has 0 amide bonds. The number of allylic oxidation sites excluding steroid dienone is 4. The number of nitrogens with zero attached hydrogens (tertiary/aromatic N) is 1. The molecule has 0 unspecified atom stereocenters. The Morgan fingerprint density at radius 2 is 1.81 bits per heavy atom. The van der Waals surface area contributed by atoms with E-state index in [-0.39, 0.29) is 26.2 Å². The normalized spacial score (nSPS) is 20.4. The van der Waals surface area contributed by atoms with Crippen molar-refractivity contribution in [1.82, 2.24) is 0 Å². The molecule has 0 atom stereocenters. The van der Waals surface area contributed by atoms with Gasteiger partial charge in [-0.2, -0.15) is 4.40 Å². The first-order valence-corrected chi connectivity index (χ1v) is 8.07. The van der Waals surface area contributed by atoms with Crippen LogP contribution in [-0.2, 0) is 14.8 Å². The SMILES string of the molecule is CCS(=O)(=O)N=C1C=C(Br)C(=O)C(Br)=C1Br. The topological polar surface area (TPSA) is 63.6 Å². The van der Waals surface area contributed by atoms with Gasteiger partial charge in [0.15, 0.2) is 0 Å². The molecule has 0 spiro atoms. The molecule has 16 heavy (non-hydrogen) atoms. The van der Waals surface area contributed by atoms with Gasteiger partial charge < -0.3 is 0 Å². The second-order valence-corrected chi connectivity index (χ2v) is 7.16. The summed E-state index contributed by atoms with van der Waals surface area (Å²) in [5.41, 5.74) is 0.195. The van der Waals surface area contributed by atoms with Crippen molar-refractivity contribution in [2.45, 2.75) is 6.92 Å². The van der Waals surface area contributed by atoms with Crippen LogP contribution in [0, 0.1) is 0 Å². The van der Waals surface area contributed by atoms with E-state index in [0.717, 1.165) is 0 Å². The second-order valence-electron chi connectivity index (χ2n) is 2.80. The van der Waals surface area contributed by atoms with Crippen molar-refractivity contribution in [1.29, 1.82) is 0 Å². The zero-order valence-corrected chi connectivity index (χ0v) is 13.6. The molecule has 0 saturated carbocycles. The highest BCUT2D eigenvalue weighted by atomic mass is 79.9. The molecule has 0 radical (unpaired) electrons. The monoisotopic (exact) mass is 433 g/mol. The van der Waals surface area contributed by atoms with E-state index in [1.54, 1.807) is 0 Å². The Hall–Kier alpha value is 0.210. The number of carbonyl (C=O) groups excluding carboxylic acids is 1. The fourth-order valence-corrected chi connectivity index (χ4v) is 3.02. The minimum atomic E-state index is -3.49. The number of Topliss-reactive ketones (excluding diaryl/α,β-unsaturated/α-hetero) is 1. The van der Waals surface area contributed by atoms with Gasteiger partial charge in [-0.15, -0.1) is 0 Å². The summed E-state index contributed by atoms with van der Waals surface area (Å²) in [7, 11) is -3.49. The largest absolute Gasteiger partial charge is 0.287 e. The van der Waals surface area contributed by atoms with Crippen LogP contribution < -0.4 is 0 Å². The molecule has 0 bridgehead atoms. The van der Waals surface area contributed by atoms with Crippen molar-refractivity contribution in [3.8, 4) is 0 Å². The summed E-state index contributed by atoms with van der Waals surface area (Å²) in [5.74, 6) is -0.354. The van der Waals surface area contributed by atoms with E-state index in [1.165, 1.54) is 13.0 Å². The maximum atomic E-state index is 11.5. The molecule has 1 aliphatic carbocycles. The third-order valence-corrected chi connectivity index (χ3v) is 5.58. The van der Waals surface area contributed by atoms with Gasteiger partial charge in [-0.05, 0) is 60.8 Å². The van der Waals surface area contributed by atoms with Gasteiger partial charge in [0.05, 0.1) is 24.9 Å². The van der Waals surface area contributed by atoms with E-state index in [4.69, 9.17) is 0 Å². The summed E-state index contributed by atoms with van der Waals surface area (Å²) in [6.45, 7) is 1.50. The van der Waals surface area contributed by atoms with Gasteiger partial charge >= 0.3 is 0 Å². The van der Waals surface area contributed by atoms with Crippen molar-refractivity contribution >= 4 is 69.3 Å². The summed E-state index contributed by atoms with van der Waals surface area (Å²) in [5, 5.41) is 0. The molecule has 0 fully saturated rings. The first-order valence-electron chi connectivity index (χ1n) is 4.08. The smallest absolute Gasteiger partial charge is 0.253 e. The molecule has 0 aromatic rings. The van der Waals surface area contributed by atoms with Crippen molar-refractivity contribution in [3.63, 3.8) is 0 Å². The highest BCUT2D eigenvalue weighted by Crippen LogP contribution is 2.31. The maximum Gasteiger partial charge on any atom is 0.253 e. The number of halogens is 3. The van der Waals surface area contributed by atoms with Crippen LogP contribution in [0.2, 0.25) is 0 Å². The summed E-state index contributed by atoms with van der Waals surface area (Å²) >= 11 is 9.23. The Bertz CT molecular complexity index is 531. The standard InChI is InChI=1S/C8H6Br3NO3S/c1-2-16(14,15)12-5-3-4(9)8(13)7(11)6(5)10/h3H,2H2,1H3. The minimum Gasteiger partial charge on any atom is -0.287 e. The zero-order chi connectivity index (χ0) is 12.5. The van der Waals surface area contributed by atoms with Gasteiger partial charge in [-0.3, -0.25) is 4.79 Å². The number of hydrogen-bond acceptors (Lipinski definition) is 3. The fourth-order valence-electron chi connectivity index (χ4n) is 0.847. The number of hydrogen-bond donors (Lipinski definition) is 0. The second kappa shape index (κ2) is 5.24. The highest BCUT2D eigenvalue weighted by Gasteiger charge is 2.24. The van der Waals surface area contributed by atoms with E-state index in [1.807, 2.05) is 0 Å². The first kappa shape index (κ1) is 14.3. The van der Waals surface area contributed by atoms with Gasteiger partial charge in [-0.25, -0.2) is 8.42 Å². The van der Waals surface area contributed by atoms with Crippen LogP contribution in [0.1, 0.15) is 6.92 Å². The van der Waals surface area contributed by atoms with E-state index >= 15 is 0 Å². The van der Waals surface area contributed by atoms with Crippen LogP contribution >= 0.6 is 47.8 Å². The molecule has 0 heterocycles. The van der Waals surface area contributed by atoms with E-state index in [2.05, 4.69) is 52.2 Å². The highest BCUT2D eigenvalue weighted by molar-refractivity contribution is 9.15. The quantitative estimate of drug-likeness (QED) is 0.626. The third-order valence-electron chi connectivity index (χ3n) is 1.70. The van der Waals surface area contributed by atoms with Gasteiger partial charge in [-0.1, -0.05) is 0 Å². The third kappa shape index (κ3) is 3.12. The zero-order valence-electron chi connectivity index (χ0n) is 8.00. The Kier molecular flexibility index (Phi) is 4.67. The van der Waals surface area contributed by atoms with Gasteiger partial charge in [0.1, 0.15) is 0 Å². The summed E-state index contributed by atoms with van der Waals surface area (Å²) in [6, 6.07) is 0. The molecule has 1 aliphatic rings.